The van der Waals surface area contributed by atoms with Crippen LogP contribution in [0.25, 0.3) is 0 Å². The Bertz CT molecular complexity index is 234. The van der Waals surface area contributed by atoms with Crippen LogP contribution >= 0.6 is 0 Å². The molecule has 3 fully saturated rings. The van der Waals surface area contributed by atoms with E-state index in [9.17, 15) is 0 Å². The van der Waals surface area contributed by atoms with Crippen LogP contribution in [0.3, 0.4) is 0 Å². The number of hydrogen-bond acceptors (Lipinski definition) is 4. The zero-order valence-electron chi connectivity index (χ0n) is 18.0. The molecule has 0 aromatic rings. The van der Waals surface area contributed by atoms with Crippen molar-refractivity contribution in [3.8, 4) is 0 Å². The minimum absolute atomic E-state index is 0.500. The molecule has 148 valence electrons. The topological polar surface area (TPSA) is 30.9 Å². The van der Waals surface area contributed by atoms with Crippen molar-refractivity contribution in [2.24, 2.45) is 17.3 Å². The molecule has 0 N–H and O–H groups in total. The molecule has 24 heavy (non-hydrogen) atoms. The van der Waals surface area contributed by atoms with Crippen LogP contribution in [-0.2, 0) is 14.2 Å². The molecule has 4 nitrogen and oxygen atoms in total. The summed E-state index contributed by atoms with van der Waals surface area (Å²) in [7, 11) is 5.36. The summed E-state index contributed by atoms with van der Waals surface area (Å²) < 4.78 is 14.2. The number of rotatable bonds is 0. The van der Waals surface area contributed by atoms with Gasteiger partial charge in [-0.15, -0.1) is 0 Å². The van der Waals surface area contributed by atoms with E-state index < -0.39 is 0 Å². The molecule has 1 aliphatic carbocycles. The maximum Gasteiger partial charge on any atom is 0.0594 e. The van der Waals surface area contributed by atoms with Gasteiger partial charge in [-0.2, -0.15) is 0 Å². The van der Waals surface area contributed by atoms with Crippen molar-refractivity contribution in [3.05, 3.63) is 0 Å². The molecule has 2 saturated heterocycles. The summed E-state index contributed by atoms with van der Waals surface area (Å²) in [5.41, 5.74) is 0.500. The van der Waals surface area contributed by atoms with Gasteiger partial charge < -0.3 is 19.1 Å². The van der Waals surface area contributed by atoms with E-state index in [1.165, 1.54) is 12.8 Å². The van der Waals surface area contributed by atoms with E-state index in [0.717, 1.165) is 51.4 Å². The number of likely N-dealkylation sites (N-methyl/N-ethyl adjacent to an activating group) is 1. The van der Waals surface area contributed by atoms with E-state index in [1.54, 1.807) is 14.2 Å². The molecule has 2 heterocycles. The monoisotopic (exact) mass is 347 g/mol. The normalized spacial score (nSPS) is 20.4. The van der Waals surface area contributed by atoms with Gasteiger partial charge in [0.25, 0.3) is 0 Å². The van der Waals surface area contributed by atoms with Crippen LogP contribution in [0.15, 0.2) is 0 Å². The van der Waals surface area contributed by atoms with Gasteiger partial charge in [0, 0.05) is 33.2 Å². The third-order valence-corrected chi connectivity index (χ3v) is 2.91. The molecule has 0 aromatic carbocycles. The molecule has 0 unspecified atom stereocenters. The number of ether oxygens (including phenoxy) is 3. The fourth-order valence-corrected chi connectivity index (χ4v) is 1.17. The Morgan fingerprint density at radius 3 is 1.21 bits per heavy atom. The van der Waals surface area contributed by atoms with Crippen LogP contribution in [0.1, 0.15) is 54.4 Å². The molecule has 0 aromatic heterocycles. The molecule has 4 heteroatoms. The smallest absolute Gasteiger partial charge is 0.0594 e. The van der Waals surface area contributed by atoms with Crippen molar-refractivity contribution < 1.29 is 14.2 Å². The van der Waals surface area contributed by atoms with Gasteiger partial charge in [0.1, 0.15) is 0 Å². The fourth-order valence-electron chi connectivity index (χ4n) is 1.17. The molecule has 3 rings (SSSR count). The SMILES string of the molecule is CC(C)(C)C.CC1CC1.CC1COC1.CN1CCOCC1.COC. The third-order valence-electron chi connectivity index (χ3n) is 2.91. The lowest BCUT2D eigenvalue weighted by molar-refractivity contribution is -0.0221. The largest absolute Gasteiger partial charge is 0.388 e. The second-order valence-electron chi connectivity index (χ2n) is 8.65. The van der Waals surface area contributed by atoms with E-state index in [1.807, 2.05) is 0 Å². The first kappa shape index (κ1) is 26.1. The van der Waals surface area contributed by atoms with Crippen molar-refractivity contribution >= 4 is 0 Å². The fraction of sp³-hybridized carbons (Fsp3) is 1.00. The van der Waals surface area contributed by atoms with Crippen LogP contribution < -0.4 is 0 Å². The van der Waals surface area contributed by atoms with E-state index >= 15 is 0 Å². The number of morpholine rings is 1. The van der Waals surface area contributed by atoms with Crippen molar-refractivity contribution in [1.82, 2.24) is 4.90 Å². The molecule has 0 spiro atoms. The van der Waals surface area contributed by atoms with Gasteiger partial charge in [-0.1, -0.05) is 54.4 Å². The Kier molecular flexibility index (Phi) is 17.7. The molecule has 2 aliphatic heterocycles. The Labute approximate surface area is 152 Å². The predicted octanol–water partition coefficient (Wildman–Crippen LogP) is 4.33. The second-order valence-corrected chi connectivity index (χ2v) is 8.65. The van der Waals surface area contributed by atoms with Crippen LogP contribution in [0.2, 0.25) is 0 Å². The van der Waals surface area contributed by atoms with Crippen LogP contribution in [-0.4, -0.2) is 65.7 Å². The van der Waals surface area contributed by atoms with Crippen molar-refractivity contribution in [3.63, 3.8) is 0 Å². The number of hydrogen-bond donors (Lipinski definition) is 0. The zero-order valence-corrected chi connectivity index (χ0v) is 18.0. The number of nitrogens with zero attached hydrogens (tertiary/aromatic N) is 1. The molecule has 0 atom stereocenters. The second kappa shape index (κ2) is 16.3. The van der Waals surface area contributed by atoms with Gasteiger partial charge in [-0.05, 0) is 18.4 Å². The summed E-state index contributed by atoms with van der Waals surface area (Å²) in [5.74, 6) is 1.93. The van der Waals surface area contributed by atoms with Gasteiger partial charge in [0.2, 0.25) is 0 Å². The van der Waals surface area contributed by atoms with Crippen LogP contribution in [0.5, 0.6) is 0 Å². The summed E-state index contributed by atoms with van der Waals surface area (Å²) in [4.78, 5) is 2.27. The minimum atomic E-state index is 0.500. The molecule has 0 bridgehead atoms. The molecular formula is C20H45NO3. The van der Waals surface area contributed by atoms with E-state index in [0.29, 0.717) is 5.41 Å². The lowest BCUT2D eigenvalue weighted by atomic mass is 10.0. The summed E-state index contributed by atoms with van der Waals surface area (Å²) in [6.07, 6.45) is 2.97. The average Bonchev–Trinajstić information content (AvgIpc) is 3.20. The average molecular weight is 348 g/mol. The Morgan fingerprint density at radius 1 is 0.833 bits per heavy atom. The lowest BCUT2D eigenvalue weighted by Crippen LogP contribution is -2.32. The number of methoxy groups -OCH3 is 1. The molecule has 3 aliphatic rings. The Balaban J connectivity index is 0. The molecular weight excluding hydrogens is 302 g/mol. The summed E-state index contributed by atoms with van der Waals surface area (Å²) in [5, 5.41) is 0. The highest BCUT2D eigenvalue weighted by atomic mass is 16.5. The third kappa shape index (κ3) is 33.4. The first-order valence-corrected chi connectivity index (χ1v) is 9.34. The predicted molar refractivity (Wildman–Crippen MR) is 105 cm³/mol. The first-order valence-electron chi connectivity index (χ1n) is 9.34. The maximum absolute atomic E-state index is 5.10. The Morgan fingerprint density at radius 2 is 1.12 bits per heavy atom. The summed E-state index contributed by atoms with van der Waals surface area (Å²) in [6.45, 7) is 19.2. The van der Waals surface area contributed by atoms with Crippen LogP contribution in [0, 0.1) is 17.3 Å². The van der Waals surface area contributed by atoms with Crippen LogP contribution in [0.4, 0.5) is 0 Å². The van der Waals surface area contributed by atoms with Gasteiger partial charge >= 0.3 is 0 Å². The quantitative estimate of drug-likeness (QED) is 0.652. The van der Waals surface area contributed by atoms with Crippen molar-refractivity contribution in [2.45, 2.75) is 54.4 Å². The lowest BCUT2D eigenvalue weighted by Gasteiger charge is -2.21. The minimum Gasteiger partial charge on any atom is -0.388 e. The van der Waals surface area contributed by atoms with Gasteiger partial charge in [-0.25, -0.2) is 0 Å². The van der Waals surface area contributed by atoms with Crippen molar-refractivity contribution in [2.75, 3.05) is 60.8 Å². The van der Waals surface area contributed by atoms with E-state index in [-0.39, 0.29) is 0 Å². The molecule has 1 saturated carbocycles. The Hall–Kier alpha value is -0.160. The van der Waals surface area contributed by atoms with E-state index in [4.69, 9.17) is 9.47 Å². The van der Waals surface area contributed by atoms with E-state index in [2.05, 4.69) is 58.2 Å². The van der Waals surface area contributed by atoms with Gasteiger partial charge in [0.05, 0.1) is 26.4 Å². The maximum atomic E-state index is 5.10. The summed E-state index contributed by atoms with van der Waals surface area (Å²) >= 11 is 0. The van der Waals surface area contributed by atoms with Gasteiger partial charge in [-0.3, -0.25) is 0 Å². The van der Waals surface area contributed by atoms with Crippen molar-refractivity contribution in [1.29, 1.82) is 0 Å². The molecule has 0 radical (unpaired) electrons. The zero-order chi connectivity index (χ0) is 19.0. The van der Waals surface area contributed by atoms with Gasteiger partial charge in [0.15, 0.2) is 0 Å². The highest BCUT2D eigenvalue weighted by Crippen LogP contribution is 2.26. The highest BCUT2D eigenvalue weighted by molar-refractivity contribution is 4.65. The highest BCUT2D eigenvalue weighted by Gasteiger charge is 2.12. The first-order chi connectivity index (χ1) is 11.1. The molecule has 0 amide bonds. The standard InChI is InChI=1S/C5H11NO.C5H12.C4H8O.C4H8.C2H6O/c1-6-2-4-7-5-3-6;1-5(2,3)4;1-4-2-5-3-4;1-4-2-3-4;1-3-2/h2-5H2,1H3;1-4H3;4H,2-3H2,1H3;4H,2-3H2,1H3;1-2H3. The summed E-state index contributed by atoms with van der Waals surface area (Å²) in [6, 6.07) is 0.